The van der Waals surface area contributed by atoms with E-state index in [1.807, 2.05) is 0 Å². The molecule has 0 aliphatic carbocycles. The summed E-state index contributed by atoms with van der Waals surface area (Å²) in [4.78, 5) is 25.1. The van der Waals surface area contributed by atoms with Crippen LogP contribution >= 0.6 is 11.6 Å². The van der Waals surface area contributed by atoms with Crippen LogP contribution in [0.3, 0.4) is 0 Å². The fourth-order valence-corrected chi connectivity index (χ4v) is 2.09. The lowest BCUT2D eigenvalue weighted by Crippen LogP contribution is -2.47. The fraction of sp³-hybridized carbons (Fsp3) is 0.500. The lowest BCUT2D eigenvalue weighted by atomic mass is 10.1. The van der Waals surface area contributed by atoms with Crippen LogP contribution in [0.4, 0.5) is 0 Å². The third-order valence-electron chi connectivity index (χ3n) is 3.15. The largest absolute Gasteiger partial charge is 0.478 e. The lowest BCUT2D eigenvalue weighted by molar-refractivity contribution is -0.145. The number of carbonyl (C=O) groups excluding carboxylic acids is 2. The van der Waals surface area contributed by atoms with Gasteiger partial charge in [-0.05, 0) is 44.5 Å². The zero-order valence-corrected chi connectivity index (χ0v) is 14.1. The molecule has 0 atom stereocenters. The minimum atomic E-state index is -1.01. The van der Waals surface area contributed by atoms with E-state index in [1.165, 1.54) is 7.11 Å². The van der Waals surface area contributed by atoms with Crippen molar-refractivity contribution in [1.82, 2.24) is 4.90 Å². The molecule has 6 heteroatoms. The van der Waals surface area contributed by atoms with Gasteiger partial charge in [-0.3, -0.25) is 9.59 Å². The summed E-state index contributed by atoms with van der Waals surface area (Å²) < 4.78 is 10.3. The number of ether oxygens (including phenoxy) is 2. The van der Waals surface area contributed by atoms with E-state index in [1.54, 1.807) is 50.1 Å². The Hall–Kier alpha value is -1.75. The normalized spacial score (nSPS) is 11.0. The maximum atomic E-state index is 12.4. The van der Waals surface area contributed by atoms with Crippen LogP contribution in [0.1, 0.15) is 26.7 Å². The van der Waals surface area contributed by atoms with Crippen LogP contribution in [0.25, 0.3) is 0 Å². The standard InChI is InChI=1S/C16H22ClNO4/c1-16(2,22-13-9-7-12(17)8-10-13)15(20)18(3)11-5-6-14(19)21-4/h7-10H,5-6,11H2,1-4H3. The van der Waals surface area contributed by atoms with E-state index in [0.29, 0.717) is 23.7 Å². The van der Waals surface area contributed by atoms with Crippen molar-refractivity contribution in [2.45, 2.75) is 32.3 Å². The molecule has 0 unspecified atom stereocenters. The molecular weight excluding hydrogens is 306 g/mol. The number of hydrogen-bond donors (Lipinski definition) is 0. The minimum Gasteiger partial charge on any atom is -0.478 e. The molecule has 1 aromatic rings. The summed E-state index contributed by atoms with van der Waals surface area (Å²) >= 11 is 5.82. The van der Waals surface area contributed by atoms with Crippen LogP contribution in [0.2, 0.25) is 5.02 Å². The van der Waals surface area contributed by atoms with Gasteiger partial charge in [-0.25, -0.2) is 0 Å². The molecule has 0 saturated carbocycles. The highest BCUT2D eigenvalue weighted by molar-refractivity contribution is 6.30. The van der Waals surface area contributed by atoms with E-state index >= 15 is 0 Å². The molecule has 0 spiro atoms. The topological polar surface area (TPSA) is 55.8 Å². The monoisotopic (exact) mass is 327 g/mol. The predicted octanol–water partition coefficient (Wildman–Crippen LogP) is 2.91. The van der Waals surface area contributed by atoms with Gasteiger partial charge in [0, 0.05) is 25.0 Å². The van der Waals surface area contributed by atoms with Crippen LogP contribution in [0.5, 0.6) is 5.75 Å². The number of nitrogens with zero attached hydrogens (tertiary/aromatic N) is 1. The Morgan fingerprint density at radius 1 is 1.23 bits per heavy atom. The quantitative estimate of drug-likeness (QED) is 0.723. The summed E-state index contributed by atoms with van der Waals surface area (Å²) in [7, 11) is 3.03. The Bertz CT molecular complexity index is 513. The molecule has 0 heterocycles. The Balaban J connectivity index is 2.57. The molecule has 122 valence electrons. The first-order valence-electron chi connectivity index (χ1n) is 7.03. The van der Waals surface area contributed by atoms with Gasteiger partial charge in [0.05, 0.1) is 7.11 Å². The predicted molar refractivity (Wildman–Crippen MR) is 85.0 cm³/mol. The van der Waals surface area contributed by atoms with Crippen molar-refractivity contribution in [2.24, 2.45) is 0 Å². The number of carbonyl (C=O) groups is 2. The first-order valence-corrected chi connectivity index (χ1v) is 7.41. The second-order valence-electron chi connectivity index (χ2n) is 5.47. The molecule has 0 saturated heterocycles. The molecule has 1 rings (SSSR count). The van der Waals surface area contributed by atoms with Crippen LogP contribution in [-0.2, 0) is 14.3 Å². The summed E-state index contributed by atoms with van der Waals surface area (Å²) in [5.74, 6) is 0.135. The summed E-state index contributed by atoms with van der Waals surface area (Å²) in [5, 5.41) is 0.608. The molecule has 5 nitrogen and oxygen atoms in total. The smallest absolute Gasteiger partial charge is 0.305 e. The van der Waals surface area contributed by atoms with Crippen molar-refractivity contribution in [3.63, 3.8) is 0 Å². The Morgan fingerprint density at radius 3 is 2.36 bits per heavy atom. The number of methoxy groups -OCH3 is 1. The summed E-state index contributed by atoms with van der Waals surface area (Å²) in [6.07, 6.45) is 0.832. The zero-order valence-electron chi connectivity index (χ0n) is 13.4. The van der Waals surface area contributed by atoms with Crippen LogP contribution in [-0.4, -0.2) is 43.1 Å². The minimum absolute atomic E-state index is 0.160. The number of benzene rings is 1. The average Bonchev–Trinajstić information content (AvgIpc) is 2.48. The Morgan fingerprint density at radius 2 is 1.82 bits per heavy atom. The van der Waals surface area contributed by atoms with Gasteiger partial charge in [0.25, 0.3) is 5.91 Å². The van der Waals surface area contributed by atoms with Gasteiger partial charge >= 0.3 is 5.97 Å². The first kappa shape index (κ1) is 18.3. The number of likely N-dealkylation sites (N-methyl/N-ethyl adjacent to an activating group) is 1. The van der Waals surface area contributed by atoms with Crippen molar-refractivity contribution in [1.29, 1.82) is 0 Å². The highest BCUT2D eigenvalue weighted by atomic mass is 35.5. The number of hydrogen-bond acceptors (Lipinski definition) is 4. The SMILES string of the molecule is COC(=O)CCCN(C)C(=O)C(C)(C)Oc1ccc(Cl)cc1. The highest BCUT2D eigenvalue weighted by Gasteiger charge is 2.32. The number of rotatable bonds is 7. The van der Waals surface area contributed by atoms with Crippen molar-refractivity contribution in [2.75, 3.05) is 20.7 Å². The third-order valence-corrected chi connectivity index (χ3v) is 3.40. The van der Waals surface area contributed by atoms with Crippen LogP contribution in [0.15, 0.2) is 24.3 Å². The highest BCUT2D eigenvalue weighted by Crippen LogP contribution is 2.22. The average molecular weight is 328 g/mol. The molecule has 0 aliphatic heterocycles. The molecule has 0 fully saturated rings. The summed E-state index contributed by atoms with van der Waals surface area (Å²) in [6.45, 7) is 3.88. The van der Waals surface area contributed by atoms with Gasteiger partial charge < -0.3 is 14.4 Å². The van der Waals surface area contributed by atoms with Crippen LogP contribution in [0, 0.1) is 0 Å². The van der Waals surface area contributed by atoms with Crippen LogP contribution < -0.4 is 4.74 Å². The van der Waals surface area contributed by atoms with Gasteiger partial charge in [-0.1, -0.05) is 11.6 Å². The molecule has 0 radical (unpaired) electrons. The van der Waals surface area contributed by atoms with E-state index in [4.69, 9.17) is 16.3 Å². The Labute approximate surface area is 136 Å². The Kier molecular flexibility index (Phi) is 6.68. The molecule has 1 aromatic carbocycles. The van der Waals surface area contributed by atoms with Crippen molar-refractivity contribution < 1.29 is 19.1 Å². The van der Waals surface area contributed by atoms with Gasteiger partial charge in [0.1, 0.15) is 5.75 Å². The van der Waals surface area contributed by atoms with E-state index in [-0.39, 0.29) is 18.3 Å². The van der Waals surface area contributed by atoms with Gasteiger partial charge in [0.2, 0.25) is 0 Å². The molecule has 1 amide bonds. The maximum absolute atomic E-state index is 12.4. The lowest BCUT2D eigenvalue weighted by Gasteiger charge is -2.30. The van der Waals surface area contributed by atoms with Crippen molar-refractivity contribution >= 4 is 23.5 Å². The van der Waals surface area contributed by atoms with Crippen molar-refractivity contribution in [3.05, 3.63) is 29.3 Å². The van der Waals surface area contributed by atoms with Gasteiger partial charge in [0.15, 0.2) is 5.60 Å². The molecule has 0 aromatic heterocycles. The number of esters is 1. The zero-order chi connectivity index (χ0) is 16.8. The van der Waals surface area contributed by atoms with Gasteiger partial charge in [-0.2, -0.15) is 0 Å². The summed E-state index contributed by atoms with van der Waals surface area (Å²) in [5.41, 5.74) is -1.01. The molecule has 0 N–H and O–H groups in total. The molecule has 0 aliphatic rings. The summed E-state index contributed by atoms with van der Waals surface area (Å²) in [6, 6.07) is 6.85. The number of halogens is 1. The van der Waals surface area contributed by atoms with E-state index in [2.05, 4.69) is 4.74 Å². The van der Waals surface area contributed by atoms with E-state index < -0.39 is 5.60 Å². The fourth-order valence-electron chi connectivity index (χ4n) is 1.96. The third kappa shape index (κ3) is 5.56. The van der Waals surface area contributed by atoms with Gasteiger partial charge in [-0.15, -0.1) is 0 Å². The van der Waals surface area contributed by atoms with E-state index in [9.17, 15) is 9.59 Å². The second-order valence-corrected chi connectivity index (χ2v) is 5.91. The molecular formula is C16H22ClNO4. The number of amides is 1. The van der Waals surface area contributed by atoms with Crippen molar-refractivity contribution in [3.8, 4) is 5.75 Å². The maximum Gasteiger partial charge on any atom is 0.305 e. The van der Waals surface area contributed by atoms with E-state index in [0.717, 1.165) is 0 Å². The second kappa shape index (κ2) is 8.03. The molecule has 0 bridgehead atoms. The molecule has 22 heavy (non-hydrogen) atoms. The first-order chi connectivity index (χ1) is 10.3.